The summed E-state index contributed by atoms with van der Waals surface area (Å²) in [5, 5.41) is 2.50. The van der Waals surface area contributed by atoms with Crippen LogP contribution in [0.15, 0.2) is 18.2 Å². The number of anilines is 1. The molecule has 0 saturated heterocycles. The fraction of sp³-hybridized carbons (Fsp3) is 0.154. The van der Waals surface area contributed by atoms with Crippen molar-refractivity contribution in [3.05, 3.63) is 34.9 Å². The number of primary amides is 1. The highest BCUT2D eigenvalue weighted by Crippen LogP contribution is 2.29. The van der Waals surface area contributed by atoms with Gasteiger partial charge in [0.05, 0.1) is 11.3 Å². The molecule has 5 nitrogen and oxygen atoms in total. The number of ketones is 1. The van der Waals surface area contributed by atoms with Crippen LogP contribution in [0.5, 0.6) is 0 Å². The molecule has 2 amide bonds. The molecule has 5 heteroatoms. The van der Waals surface area contributed by atoms with E-state index in [9.17, 15) is 14.4 Å². The van der Waals surface area contributed by atoms with Gasteiger partial charge in [0.15, 0.2) is 0 Å². The minimum atomic E-state index is -0.625. The molecule has 2 rings (SSSR count). The van der Waals surface area contributed by atoms with Crippen LogP contribution < -0.4 is 11.1 Å². The lowest BCUT2D eigenvalue weighted by Gasteiger charge is -2.05. The van der Waals surface area contributed by atoms with Gasteiger partial charge < -0.3 is 11.1 Å². The van der Waals surface area contributed by atoms with Gasteiger partial charge in [-0.3, -0.25) is 14.4 Å². The molecule has 0 aliphatic carbocycles. The normalized spacial score (nSPS) is 13.8. The Hall–Kier alpha value is -2.43. The summed E-state index contributed by atoms with van der Waals surface area (Å²) in [6.07, 6.45) is 3.33. The highest BCUT2D eigenvalue weighted by atomic mass is 16.2. The van der Waals surface area contributed by atoms with Crippen LogP contribution in [0.1, 0.15) is 27.9 Å². The molecule has 0 atom stereocenters. The van der Waals surface area contributed by atoms with E-state index in [1.807, 2.05) is 13.0 Å². The Kier molecular flexibility index (Phi) is 2.97. The molecule has 1 aliphatic rings. The number of benzene rings is 1. The van der Waals surface area contributed by atoms with Gasteiger partial charge in [0.25, 0.3) is 11.7 Å². The standard InChI is InChI=1S/C13H12N2O3/c1-7-5-6-9-11(12(17)13(18)15-9)8(7)3-2-4-10(14)16/h2-3,5-6H,4H2,1H3,(H2,14,16)(H,15,17,18). The van der Waals surface area contributed by atoms with Crippen LogP contribution >= 0.6 is 0 Å². The van der Waals surface area contributed by atoms with Crippen molar-refractivity contribution in [1.29, 1.82) is 0 Å². The monoisotopic (exact) mass is 244 g/mol. The van der Waals surface area contributed by atoms with Gasteiger partial charge in [-0.05, 0) is 24.1 Å². The van der Waals surface area contributed by atoms with Crippen LogP contribution in [-0.4, -0.2) is 17.6 Å². The summed E-state index contributed by atoms with van der Waals surface area (Å²) >= 11 is 0. The highest BCUT2D eigenvalue weighted by Gasteiger charge is 2.30. The molecule has 0 saturated carbocycles. The average molecular weight is 244 g/mol. The molecule has 3 N–H and O–H groups in total. The maximum Gasteiger partial charge on any atom is 0.296 e. The van der Waals surface area contributed by atoms with Gasteiger partial charge in [-0.1, -0.05) is 18.2 Å². The van der Waals surface area contributed by atoms with Crippen molar-refractivity contribution in [3.8, 4) is 0 Å². The fourth-order valence-corrected chi connectivity index (χ4v) is 1.87. The maximum atomic E-state index is 11.7. The summed E-state index contributed by atoms with van der Waals surface area (Å²) in [6, 6.07) is 3.50. The van der Waals surface area contributed by atoms with E-state index in [2.05, 4.69) is 5.32 Å². The molecule has 0 spiro atoms. The van der Waals surface area contributed by atoms with Gasteiger partial charge in [-0.2, -0.15) is 0 Å². The van der Waals surface area contributed by atoms with Crippen molar-refractivity contribution >= 4 is 29.4 Å². The molecule has 1 aromatic rings. The van der Waals surface area contributed by atoms with E-state index in [0.717, 1.165) is 5.56 Å². The van der Waals surface area contributed by atoms with E-state index in [-0.39, 0.29) is 6.42 Å². The van der Waals surface area contributed by atoms with Crippen LogP contribution in [0.4, 0.5) is 5.69 Å². The zero-order chi connectivity index (χ0) is 13.3. The highest BCUT2D eigenvalue weighted by molar-refractivity contribution is 6.52. The lowest BCUT2D eigenvalue weighted by Crippen LogP contribution is -2.13. The van der Waals surface area contributed by atoms with E-state index < -0.39 is 17.6 Å². The summed E-state index contributed by atoms with van der Waals surface area (Å²) in [6.45, 7) is 1.83. The average Bonchev–Trinajstić information content (AvgIpc) is 2.58. The van der Waals surface area contributed by atoms with Crippen molar-refractivity contribution in [2.75, 3.05) is 5.32 Å². The molecular formula is C13H12N2O3. The second-order valence-corrected chi connectivity index (χ2v) is 4.07. The third-order valence-electron chi connectivity index (χ3n) is 2.75. The number of carbonyl (C=O) groups is 3. The van der Waals surface area contributed by atoms with Crippen LogP contribution in [0, 0.1) is 6.92 Å². The first-order chi connectivity index (χ1) is 8.50. The smallest absolute Gasteiger partial charge is 0.296 e. The van der Waals surface area contributed by atoms with Gasteiger partial charge in [0.1, 0.15) is 0 Å². The van der Waals surface area contributed by atoms with Gasteiger partial charge in [0.2, 0.25) is 5.91 Å². The van der Waals surface area contributed by atoms with Crippen molar-refractivity contribution in [3.63, 3.8) is 0 Å². The number of nitrogens with two attached hydrogens (primary N) is 1. The third-order valence-corrected chi connectivity index (χ3v) is 2.75. The number of hydrogen-bond acceptors (Lipinski definition) is 3. The Bertz CT molecular complexity index is 588. The minimum Gasteiger partial charge on any atom is -0.369 e. The number of hydrogen-bond donors (Lipinski definition) is 2. The molecule has 1 heterocycles. The van der Waals surface area contributed by atoms with Crippen LogP contribution in [0.25, 0.3) is 6.08 Å². The SMILES string of the molecule is Cc1ccc2c(c1C=CCC(N)=O)C(=O)C(=O)N2. The molecule has 18 heavy (non-hydrogen) atoms. The molecule has 0 fully saturated rings. The largest absolute Gasteiger partial charge is 0.369 e. The minimum absolute atomic E-state index is 0.0959. The maximum absolute atomic E-state index is 11.7. The Labute approximate surface area is 104 Å². The zero-order valence-electron chi connectivity index (χ0n) is 9.82. The van der Waals surface area contributed by atoms with E-state index in [4.69, 9.17) is 5.73 Å². The predicted octanol–water partition coefficient (Wildman–Crippen LogP) is 1.02. The summed E-state index contributed by atoms with van der Waals surface area (Å²) in [5.41, 5.74) is 7.41. The van der Waals surface area contributed by atoms with E-state index in [0.29, 0.717) is 16.8 Å². The number of amides is 2. The first kappa shape index (κ1) is 12.0. The molecule has 0 bridgehead atoms. The number of Topliss-reactive ketones (excluding diaryl/α,β-unsaturated/α-hetero) is 1. The second-order valence-electron chi connectivity index (χ2n) is 4.07. The lowest BCUT2D eigenvalue weighted by molar-refractivity contribution is -0.117. The first-order valence-electron chi connectivity index (χ1n) is 5.45. The second kappa shape index (κ2) is 4.44. The van der Waals surface area contributed by atoms with Crippen LogP contribution in [0.3, 0.4) is 0 Å². The van der Waals surface area contributed by atoms with Crippen molar-refractivity contribution < 1.29 is 14.4 Å². The fourth-order valence-electron chi connectivity index (χ4n) is 1.87. The van der Waals surface area contributed by atoms with Gasteiger partial charge in [-0.25, -0.2) is 0 Å². The molecule has 1 aromatic carbocycles. The van der Waals surface area contributed by atoms with Crippen molar-refractivity contribution in [2.45, 2.75) is 13.3 Å². The lowest BCUT2D eigenvalue weighted by atomic mass is 9.98. The Morgan fingerprint density at radius 1 is 1.39 bits per heavy atom. The first-order valence-corrected chi connectivity index (χ1v) is 5.45. The molecule has 0 radical (unpaired) electrons. The number of nitrogens with one attached hydrogen (secondary N) is 1. The topological polar surface area (TPSA) is 89.3 Å². The summed E-state index contributed by atoms with van der Waals surface area (Å²) in [5.74, 6) is -1.62. The quantitative estimate of drug-likeness (QED) is 0.778. The number of carbonyl (C=O) groups excluding carboxylic acids is 3. The molecule has 92 valence electrons. The van der Waals surface area contributed by atoms with Gasteiger partial charge >= 0.3 is 0 Å². The third kappa shape index (κ3) is 2.02. The van der Waals surface area contributed by atoms with Crippen LogP contribution in [-0.2, 0) is 9.59 Å². The van der Waals surface area contributed by atoms with Gasteiger partial charge in [0, 0.05) is 6.42 Å². The summed E-state index contributed by atoms with van der Waals surface area (Å²) < 4.78 is 0. The number of aryl methyl sites for hydroxylation is 1. The van der Waals surface area contributed by atoms with Crippen LogP contribution in [0.2, 0.25) is 0 Å². The molecular weight excluding hydrogens is 232 g/mol. The number of fused-ring (bicyclic) bond motifs is 1. The molecule has 0 unspecified atom stereocenters. The Morgan fingerprint density at radius 2 is 2.11 bits per heavy atom. The Morgan fingerprint density at radius 3 is 2.78 bits per heavy atom. The van der Waals surface area contributed by atoms with Crippen molar-refractivity contribution in [1.82, 2.24) is 0 Å². The predicted molar refractivity (Wildman–Crippen MR) is 67.0 cm³/mol. The summed E-state index contributed by atoms with van der Waals surface area (Å²) in [4.78, 5) is 33.7. The van der Waals surface area contributed by atoms with Crippen molar-refractivity contribution in [2.24, 2.45) is 5.73 Å². The van der Waals surface area contributed by atoms with E-state index in [1.54, 1.807) is 18.2 Å². The van der Waals surface area contributed by atoms with E-state index >= 15 is 0 Å². The molecule has 0 aromatic heterocycles. The van der Waals surface area contributed by atoms with E-state index in [1.165, 1.54) is 0 Å². The summed E-state index contributed by atoms with van der Waals surface area (Å²) in [7, 11) is 0. The molecule has 1 aliphatic heterocycles. The Balaban J connectivity index is 2.45. The zero-order valence-corrected chi connectivity index (χ0v) is 9.82. The van der Waals surface area contributed by atoms with Gasteiger partial charge in [-0.15, -0.1) is 0 Å². The number of rotatable bonds is 3.